The molecular weight excluding hydrogens is 188 g/mol. The summed E-state index contributed by atoms with van der Waals surface area (Å²) in [6.07, 6.45) is 6.95. The monoisotopic (exact) mass is 204 g/mol. The summed E-state index contributed by atoms with van der Waals surface area (Å²) in [6, 6.07) is 3.69. The van der Waals surface area contributed by atoms with Crippen molar-refractivity contribution < 1.29 is 0 Å². The molecule has 0 radical (unpaired) electrons. The third-order valence-electron chi connectivity index (χ3n) is 4.02. The van der Waals surface area contributed by atoms with Gasteiger partial charge in [-0.1, -0.05) is 6.42 Å². The summed E-state index contributed by atoms with van der Waals surface area (Å²) in [5, 5.41) is 0. The summed E-state index contributed by atoms with van der Waals surface area (Å²) in [6.45, 7) is 0. The zero-order valence-electron chi connectivity index (χ0n) is 8.73. The largest absolute Gasteiger partial charge is 0.398 e. The van der Waals surface area contributed by atoms with Crippen LogP contribution in [-0.2, 0) is 0 Å². The maximum atomic E-state index is 11.7. The van der Waals surface area contributed by atoms with Crippen LogP contribution in [0.25, 0.3) is 0 Å². The van der Waals surface area contributed by atoms with Gasteiger partial charge in [-0.2, -0.15) is 0 Å². The van der Waals surface area contributed by atoms with Crippen molar-refractivity contribution in [2.24, 2.45) is 11.8 Å². The van der Waals surface area contributed by atoms with Gasteiger partial charge in [0.1, 0.15) is 0 Å². The van der Waals surface area contributed by atoms with E-state index >= 15 is 0 Å². The highest BCUT2D eigenvalue weighted by molar-refractivity contribution is 5.33. The molecule has 2 saturated carbocycles. The maximum Gasteiger partial charge on any atom is 0.250 e. The lowest BCUT2D eigenvalue weighted by molar-refractivity contribution is 0.323. The highest BCUT2D eigenvalue weighted by atomic mass is 16.1. The van der Waals surface area contributed by atoms with Crippen LogP contribution in [0.2, 0.25) is 0 Å². The van der Waals surface area contributed by atoms with Crippen molar-refractivity contribution in [3.8, 4) is 0 Å². The fraction of sp³-hybridized carbons (Fsp3) is 0.583. The minimum absolute atomic E-state index is 0.0988. The molecule has 80 valence electrons. The van der Waals surface area contributed by atoms with Crippen molar-refractivity contribution >= 4 is 5.69 Å². The number of fused-ring (bicyclic) bond motifs is 2. The number of nitrogen functional groups attached to an aromatic ring is 1. The molecule has 3 atom stereocenters. The zero-order chi connectivity index (χ0) is 10.4. The normalized spacial score (nSPS) is 33.5. The van der Waals surface area contributed by atoms with Crippen molar-refractivity contribution in [3.05, 3.63) is 28.7 Å². The van der Waals surface area contributed by atoms with Gasteiger partial charge in [0.25, 0.3) is 5.56 Å². The third-order valence-corrected chi connectivity index (χ3v) is 4.02. The first-order valence-corrected chi connectivity index (χ1v) is 5.71. The Bertz CT molecular complexity index is 437. The number of nitrogens with zero attached hydrogens (tertiary/aromatic N) is 1. The summed E-state index contributed by atoms with van der Waals surface area (Å²) in [5.41, 5.74) is 6.52. The molecule has 0 aromatic carbocycles. The summed E-state index contributed by atoms with van der Waals surface area (Å²) in [7, 11) is 0. The number of aromatic nitrogens is 1. The standard InChI is InChI=1S/C12H16N2O/c13-10-3-4-12(15)14(7-10)11-6-8-1-2-9(11)5-8/h3-4,7-9,11H,1-2,5-6,13H2. The van der Waals surface area contributed by atoms with Crippen LogP contribution < -0.4 is 11.3 Å². The average Bonchev–Trinajstić information content (AvgIpc) is 2.83. The van der Waals surface area contributed by atoms with Crippen molar-refractivity contribution in [3.63, 3.8) is 0 Å². The number of pyridine rings is 1. The number of nitrogens with two attached hydrogens (primary N) is 1. The van der Waals surface area contributed by atoms with E-state index in [0.29, 0.717) is 11.7 Å². The van der Waals surface area contributed by atoms with Crippen LogP contribution >= 0.6 is 0 Å². The van der Waals surface area contributed by atoms with E-state index < -0.39 is 0 Å². The molecule has 2 N–H and O–H groups in total. The molecule has 3 unspecified atom stereocenters. The Morgan fingerprint density at radius 2 is 2.13 bits per heavy atom. The average molecular weight is 204 g/mol. The molecule has 0 saturated heterocycles. The Labute approximate surface area is 88.9 Å². The van der Waals surface area contributed by atoms with Crippen molar-refractivity contribution in [1.82, 2.24) is 4.57 Å². The summed E-state index contributed by atoms with van der Waals surface area (Å²) < 4.78 is 1.86. The van der Waals surface area contributed by atoms with Crippen molar-refractivity contribution in [2.45, 2.75) is 31.7 Å². The van der Waals surface area contributed by atoms with Crippen LogP contribution in [0, 0.1) is 11.8 Å². The minimum Gasteiger partial charge on any atom is -0.398 e. The van der Waals surface area contributed by atoms with E-state index in [2.05, 4.69) is 0 Å². The lowest BCUT2D eigenvalue weighted by Gasteiger charge is -2.24. The second kappa shape index (κ2) is 3.12. The number of hydrogen-bond donors (Lipinski definition) is 1. The molecule has 15 heavy (non-hydrogen) atoms. The van der Waals surface area contributed by atoms with E-state index in [9.17, 15) is 4.79 Å². The Kier molecular flexibility index (Phi) is 1.87. The van der Waals surface area contributed by atoms with E-state index in [4.69, 9.17) is 5.73 Å². The summed E-state index contributed by atoms with van der Waals surface area (Å²) in [5.74, 6) is 1.57. The zero-order valence-corrected chi connectivity index (χ0v) is 8.73. The fourth-order valence-corrected chi connectivity index (χ4v) is 3.33. The van der Waals surface area contributed by atoms with Crippen molar-refractivity contribution in [2.75, 3.05) is 5.73 Å². The molecule has 0 spiro atoms. The first-order valence-electron chi connectivity index (χ1n) is 5.71. The van der Waals surface area contributed by atoms with Crippen LogP contribution in [-0.4, -0.2) is 4.57 Å². The highest BCUT2D eigenvalue weighted by Gasteiger charge is 2.40. The Morgan fingerprint density at radius 3 is 2.80 bits per heavy atom. The van der Waals surface area contributed by atoms with Gasteiger partial charge in [0.15, 0.2) is 0 Å². The summed E-state index contributed by atoms with van der Waals surface area (Å²) >= 11 is 0. The van der Waals surface area contributed by atoms with E-state index in [1.165, 1.54) is 25.7 Å². The Hall–Kier alpha value is -1.25. The molecule has 3 heteroatoms. The van der Waals surface area contributed by atoms with E-state index in [0.717, 1.165) is 11.8 Å². The number of anilines is 1. The molecule has 2 aliphatic rings. The van der Waals surface area contributed by atoms with Crippen LogP contribution in [0.4, 0.5) is 5.69 Å². The molecule has 0 aliphatic heterocycles. The van der Waals surface area contributed by atoms with Crippen LogP contribution in [0.3, 0.4) is 0 Å². The van der Waals surface area contributed by atoms with Crippen LogP contribution in [0.1, 0.15) is 31.7 Å². The van der Waals surface area contributed by atoms with Gasteiger partial charge in [-0.05, 0) is 37.2 Å². The fourth-order valence-electron chi connectivity index (χ4n) is 3.33. The molecule has 0 amide bonds. The van der Waals surface area contributed by atoms with E-state index in [-0.39, 0.29) is 5.56 Å². The number of hydrogen-bond acceptors (Lipinski definition) is 2. The predicted molar refractivity (Wildman–Crippen MR) is 59.6 cm³/mol. The summed E-state index contributed by atoms with van der Waals surface area (Å²) in [4.78, 5) is 11.7. The molecule has 2 bridgehead atoms. The van der Waals surface area contributed by atoms with Gasteiger partial charge in [0.2, 0.25) is 0 Å². The highest BCUT2D eigenvalue weighted by Crippen LogP contribution is 2.50. The van der Waals surface area contributed by atoms with Crippen LogP contribution in [0.15, 0.2) is 23.1 Å². The molecule has 2 fully saturated rings. The van der Waals surface area contributed by atoms with Gasteiger partial charge < -0.3 is 10.3 Å². The first kappa shape index (κ1) is 9.01. The lowest BCUT2D eigenvalue weighted by Crippen LogP contribution is -2.27. The van der Waals surface area contributed by atoms with E-state index in [1.54, 1.807) is 12.1 Å². The predicted octanol–water partition coefficient (Wildman–Crippen LogP) is 1.79. The third kappa shape index (κ3) is 1.37. The van der Waals surface area contributed by atoms with Gasteiger partial charge >= 0.3 is 0 Å². The van der Waals surface area contributed by atoms with Gasteiger partial charge in [0.05, 0.1) is 0 Å². The number of rotatable bonds is 1. The molecule has 2 aliphatic carbocycles. The Morgan fingerprint density at radius 1 is 1.27 bits per heavy atom. The van der Waals surface area contributed by atoms with Gasteiger partial charge in [-0.3, -0.25) is 4.79 Å². The molecule has 3 nitrogen and oxygen atoms in total. The first-order chi connectivity index (χ1) is 7.24. The second-order valence-corrected chi connectivity index (χ2v) is 4.95. The molecule has 1 heterocycles. The van der Waals surface area contributed by atoms with Gasteiger partial charge in [-0.25, -0.2) is 0 Å². The Balaban J connectivity index is 1.99. The quantitative estimate of drug-likeness (QED) is 0.758. The van der Waals surface area contributed by atoms with Crippen molar-refractivity contribution in [1.29, 1.82) is 0 Å². The smallest absolute Gasteiger partial charge is 0.250 e. The van der Waals surface area contributed by atoms with E-state index in [1.807, 2.05) is 10.8 Å². The maximum absolute atomic E-state index is 11.7. The molecule has 1 aromatic rings. The SMILES string of the molecule is Nc1ccc(=O)n(C2CC3CCC2C3)c1. The minimum atomic E-state index is 0.0988. The van der Waals surface area contributed by atoms with Gasteiger partial charge in [-0.15, -0.1) is 0 Å². The lowest BCUT2D eigenvalue weighted by atomic mass is 9.95. The molecular formula is C12H16N2O. The second-order valence-electron chi connectivity index (χ2n) is 4.95. The topological polar surface area (TPSA) is 48.0 Å². The van der Waals surface area contributed by atoms with Gasteiger partial charge in [0, 0.05) is 24.0 Å². The van der Waals surface area contributed by atoms with Crippen LogP contribution in [0.5, 0.6) is 0 Å². The molecule has 3 rings (SSSR count). The molecule has 1 aromatic heterocycles.